The highest BCUT2D eigenvalue weighted by atomic mass is 19.4. The number of nitrogens with zero attached hydrogens (tertiary/aromatic N) is 3. The molecule has 0 radical (unpaired) electrons. The van der Waals surface area contributed by atoms with E-state index in [4.69, 9.17) is 0 Å². The lowest BCUT2D eigenvalue weighted by Gasteiger charge is -2.18. The van der Waals surface area contributed by atoms with Gasteiger partial charge in [-0.3, -0.25) is 4.79 Å². The summed E-state index contributed by atoms with van der Waals surface area (Å²) in [6.45, 7) is 2.54. The summed E-state index contributed by atoms with van der Waals surface area (Å²) in [5.74, 6) is -1.74. The molecule has 1 aromatic heterocycles. The van der Waals surface area contributed by atoms with E-state index in [0.29, 0.717) is 24.1 Å². The number of halogens is 3. The van der Waals surface area contributed by atoms with Gasteiger partial charge in [-0.1, -0.05) is 29.4 Å². The number of likely N-dealkylation sites (tertiary alicyclic amines) is 1. The van der Waals surface area contributed by atoms with E-state index in [9.17, 15) is 23.1 Å². The van der Waals surface area contributed by atoms with Crippen molar-refractivity contribution in [2.24, 2.45) is 0 Å². The van der Waals surface area contributed by atoms with Crippen LogP contribution < -0.4 is 0 Å². The summed E-state index contributed by atoms with van der Waals surface area (Å²) in [4.78, 5) is 17.7. The molecule has 0 aliphatic carbocycles. The van der Waals surface area contributed by atoms with Crippen LogP contribution >= 0.6 is 0 Å². The van der Waals surface area contributed by atoms with Crippen molar-refractivity contribution in [3.63, 3.8) is 0 Å². The Morgan fingerprint density at radius 2 is 1.89 bits per heavy atom. The maximum absolute atomic E-state index is 12.5. The second-order valence-corrected chi connectivity index (χ2v) is 6.62. The molecule has 3 rings (SSSR count). The third-order valence-electron chi connectivity index (χ3n) is 4.51. The topological polar surface area (TPSA) is 79.5 Å². The van der Waals surface area contributed by atoms with Crippen molar-refractivity contribution in [3.8, 4) is 11.4 Å². The summed E-state index contributed by atoms with van der Waals surface area (Å²) in [6.07, 6.45) is -2.39. The predicted octanol–water partition coefficient (Wildman–Crippen LogP) is 3.18. The van der Waals surface area contributed by atoms with Gasteiger partial charge >= 0.3 is 12.1 Å². The number of aliphatic hydroxyl groups is 1. The average Bonchev–Trinajstić information content (AvgIpc) is 3.31. The molecule has 2 aromatic rings. The van der Waals surface area contributed by atoms with Gasteiger partial charge in [0.05, 0.1) is 6.10 Å². The van der Waals surface area contributed by atoms with Crippen LogP contribution in [0.25, 0.3) is 11.4 Å². The lowest BCUT2D eigenvalue weighted by atomic mass is 10.0. The normalized spacial score (nSPS) is 16.6. The van der Waals surface area contributed by atoms with Gasteiger partial charge in [0.25, 0.3) is 0 Å². The third kappa shape index (κ3) is 5.14. The Balaban J connectivity index is 1.54. The second kappa shape index (κ2) is 8.18. The zero-order valence-corrected chi connectivity index (χ0v) is 14.6. The highest BCUT2D eigenvalue weighted by Crippen LogP contribution is 2.29. The second-order valence-electron chi connectivity index (χ2n) is 6.62. The van der Waals surface area contributed by atoms with Crippen molar-refractivity contribution in [3.05, 3.63) is 35.7 Å². The molecule has 1 fully saturated rings. The Kier molecular flexibility index (Phi) is 5.91. The zero-order chi connectivity index (χ0) is 19.4. The van der Waals surface area contributed by atoms with Crippen LogP contribution in [-0.2, 0) is 6.18 Å². The molecule has 1 N–H and O–H groups in total. The highest BCUT2D eigenvalue weighted by molar-refractivity contribution is 5.96. The fourth-order valence-electron chi connectivity index (χ4n) is 3.06. The van der Waals surface area contributed by atoms with Gasteiger partial charge in [0.1, 0.15) is 0 Å². The maximum Gasteiger partial charge on any atom is 0.471 e. The molecule has 1 atom stereocenters. The number of benzene rings is 1. The van der Waals surface area contributed by atoms with Crippen LogP contribution in [0.3, 0.4) is 0 Å². The Morgan fingerprint density at radius 3 is 2.48 bits per heavy atom. The number of alkyl halides is 3. The molecule has 146 valence electrons. The average molecular weight is 383 g/mol. The first kappa shape index (κ1) is 19.5. The SMILES string of the molecule is O=C(CC[C@H](O)CN1CCCC1)c1ccc(-c2noc(C(F)(F)F)n2)cc1. The van der Waals surface area contributed by atoms with Gasteiger partial charge in [-0.2, -0.15) is 18.2 Å². The van der Waals surface area contributed by atoms with E-state index in [1.807, 2.05) is 0 Å². The highest BCUT2D eigenvalue weighted by Gasteiger charge is 2.38. The van der Waals surface area contributed by atoms with Crippen molar-refractivity contribution in [1.82, 2.24) is 15.0 Å². The smallest absolute Gasteiger partial charge is 0.392 e. The Labute approximate surface area is 154 Å². The molecule has 0 unspecified atom stereocenters. The van der Waals surface area contributed by atoms with Crippen molar-refractivity contribution >= 4 is 5.78 Å². The number of rotatable bonds is 7. The third-order valence-corrected chi connectivity index (χ3v) is 4.51. The first-order valence-corrected chi connectivity index (χ1v) is 8.78. The number of aromatic nitrogens is 2. The number of aliphatic hydroxyl groups excluding tert-OH is 1. The number of carbonyl (C=O) groups is 1. The first-order chi connectivity index (χ1) is 12.8. The van der Waals surface area contributed by atoms with Crippen molar-refractivity contribution < 1.29 is 27.6 Å². The van der Waals surface area contributed by atoms with Crippen LogP contribution in [0.4, 0.5) is 13.2 Å². The van der Waals surface area contributed by atoms with E-state index in [1.165, 1.54) is 24.3 Å². The molecule has 6 nitrogen and oxygen atoms in total. The fraction of sp³-hybridized carbons (Fsp3) is 0.500. The van der Waals surface area contributed by atoms with Crippen molar-refractivity contribution in [2.45, 2.75) is 38.0 Å². The number of β-amino-alcohol motifs (C(OH)–C–C–N with tert-alkyl or cyclic N) is 1. The van der Waals surface area contributed by atoms with Crippen LogP contribution in [0.15, 0.2) is 28.8 Å². The summed E-state index contributed by atoms with van der Waals surface area (Å²) >= 11 is 0. The number of Topliss-reactive ketones (excluding diaryl/α,β-unsaturated/α-hetero) is 1. The molecule has 1 aliphatic rings. The molecule has 1 aliphatic heterocycles. The molecule has 0 saturated carbocycles. The molecule has 0 amide bonds. The standard InChI is InChI=1S/C18H20F3N3O3/c19-18(20,21)17-22-16(23-27-17)13-5-3-12(4-6-13)15(26)8-7-14(25)11-24-9-1-2-10-24/h3-6,14,25H,1-2,7-11H2/t14-/m0/s1. The van der Waals surface area contributed by atoms with Gasteiger partial charge in [-0.25, -0.2) is 0 Å². The van der Waals surface area contributed by atoms with Crippen LogP contribution in [0.5, 0.6) is 0 Å². The minimum absolute atomic E-state index is 0.133. The number of hydrogen-bond donors (Lipinski definition) is 1. The number of ketones is 1. The van der Waals surface area contributed by atoms with Gasteiger partial charge in [0.2, 0.25) is 5.82 Å². The van der Waals surface area contributed by atoms with E-state index >= 15 is 0 Å². The molecule has 27 heavy (non-hydrogen) atoms. The van der Waals surface area contributed by atoms with Crippen LogP contribution in [0, 0.1) is 0 Å². The minimum Gasteiger partial charge on any atom is -0.392 e. The monoisotopic (exact) mass is 383 g/mol. The lowest BCUT2D eigenvalue weighted by Crippen LogP contribution is -2.30. The maximum atomic E-state index is 12.5. The van der Waals surface area contributed by atoms with E-state index in [0.717, 1.165) is 25.9 Å². The Bertz CT molecular complexity index is 768. The van der Waals surface area contributed by atoms with E-state index in [2.05, 4.69) is 19.6 Å². The number of hydrogen-bond acceptors (Lipinski definition) is 6. The quantitative estimate of drug-likeness (QED) is 0.740. The summed E-state index contributed by atoms with van der Waals surface area (Å²) in [7, 11) is 0. The molecule has 0 spiro atoms. The molecular weight excluding hydrogens is 363 g/mol. The van der Waals surface area contributed by atoms with Crippen LogP contribution in [-0.4, -0.2) is 51.7 Å². The van der Waals surface area contributed by atoms with Crippen molar-refractivity contribution in [1.29, 1.82) is 0 Å². The molecule has 1 saturated heterocycles. The van der Waals surface area contributed by atoms with Gasteiger partial charge in [-0.15, -0.1) is 0 Å². The summed E-state index contributed by atoms with van der Waals surface area (Å²) < 4.78 is 41.7. The summed E-state index contributed by atoms with van der Waals surface area (Å²) in [5.41, 5.74) is 0.742. The predicted molar refractivity (Wildman–Crippen MR) is 90.0 cm³/mol. The molecular formula is C18H20F3N3O3. The van der Waals surface area contributed by atoms with E-state index in [1.54, 1.807) is 0 Å². The minimum atomic E-state index is -4.70. The number of carbonyl (C=O) groups excluding carboxylic acids is 1. The van der Waals surface area contributed by atoms with E-state index in [-0.39, 0.29) is 18.0 Å². The zero-order valence-electron chi connectivity index (χ0n) is 14.6. The molecule has 1 aromatic carbocycles. The van der Waals surface area contributed by atoms with Gasteiger partial charge < -0.3 is 14.5 Å². The Morgan fingerprint density at radius 1 is 1.22 bits per heavy atom. The van der Waals surface area contributed by atoms with E-state index < -0.39 is 18.2 Å². The largest absolute Gasteiger partial charge is 0.471 e. The Hall–Kier alpha value is -2.26. The van der Waals surface area contributed by atoms with Gasteiger partial charge in [0, 0.05) is 24.1 Å². The van der Waals surface area contributed by atoms with Gasteiger partial charge in [-0.05, 0) is 32.4 Å². The van der Waals surface area contributed by atoms with Gasteiger partial charge in [0.15, 0.2) is 5.78 Å². The molecule has 0 bridgehead atoms. The van der Waals surface area contributed by atoms with Crippen LogP contribution in [0.2, 0.25) is 0 Å². The first-order valence-electron chi connectivity index (χ1n) is 8.78. The summed E-state index contributed by atoms with van der Waals surface area (Å²) in [5, 5.41) is 13.4. The molecule has 9 heteroatoms. The van der Waals surface area contributed by atoms with Crippen LogP contribution in [0.1, 0.15) is 41.9 Å². The summed E-state index contributed by atoms with van der Waals surface area (Å²) in [6, 6.07) is 5.96. The molecule has 2 heterocycles. The lowest BCUT2D eigenvalue weighted by molar-refractivity contribution is -0.159. The fourth-order valence-corrected chi connectivity index (χ4v) is 3.06. The van der Waals surface area contributed by atoms with Crippen molar-refractivity contribution in [2.75, 3.05) is 19.6 Å².